The molecule has 1 aliphatic rings. The van der Waals surface area contributed by atoms with Crippen LogP contribution in [0, 0.1) is 11.8 Å². The van der Waals surface area contributed by atoms with Crippen LogP contribution in [0.3, 0.4) is 0 Å². The Bertz CT molecular complexity index is 412. The smallest absolute Gasteiger partial charge is 0.150 e. The average Bonchev–Trinajstić information content (AvgIpc) is 2.27. The van der Waals surface area contributed by atoms with Crippen LogP contribution in [0.15, 0.2) is 23.4 Å². The summed E-state index contributed by atoms with van der Waals surface area (Å²) >= 11 is 0. The largest absolute Gasteiger partial charge is 0.396 e. The van der Waals surface area contributed by atoms with Gasteiger partial charge in [-0.15, -0.1) is 0 Å². The second-order valence-electron chi connectivity index (χ2n) is 5.23. The standard InChI is InChI=1S/C13H20N2OS/c1-9-6-10(2)8-11(7-9)17(16)13-12(14)4-3-5-15-13/h3-5,9-11H,6-8,14H2,1-2H3. The number of pyridine rings is 1. The summed E-state index contributed by atoms with van der Waals surface area (Å²) in [6, 6.07) is 3.55. The molecule has 4 heteroatoms. The van der Waals surface area contributed by atoms with Crippen molar-refractivity contribution in [2.75, 3.05) is 5.73 Å². The molecule has 2 rings (SSSR count). The van der Waals surface area contributed by atoms with E-state index in [1.165, 1.54) is 6.42 Å². The van der Waals surface area contributed by atoms with Gasteiger partial charge in [0.05, 0.1) is 16.5 Å². The molecule has 1 aromatic rings. The molecule has 0 aromatic carbocycles. The summed E-state index contributed by atoms with van der Waals surface area (Å²) in [4.78, 5) is 4.18. The van der Waals surface area contributed by atoms with Crippen molar-refractivity contribution in [1.82, 2.24) is 4.98 Å². The predicted octanol–water partition coefficient (Wildman–Crippen LogP) is 2.60. The minimum atomic E-state index is -1.06. The van der Waals surface area contributed by atoms with Gasteiger partial charge in [-0.05, 0) is 43.2 Å². The van der Waals surface area contributed by atoms with Crippen molar-refractivity contribution in [2.24, 2.45) is 11.8 Å². The zero-order valence-corrected chi connectivity index (χ0v) is 11.2. The lowest BCUT2D eigenvalue weighted by atomic mass is 9.83. The highest BCUT2D eigenvalue weighted by molar-refractivity contribution is 7.85. The summed E-state index contributed by atoms with van der Waals surface area (Å²) in [6.07, 6.45) is 4.95. The topological polar surface area (TPSA) is 56.0 Å². The van der Waals surface area contributed by atoms with Gasteiger partial charge in [0.25, 0.3) is 0 Å². The summed E-state index contributed by atoms with van der Waals surface area (Å²) in [5, 5.41) is 0.782. The van der Waals surface area contributed by atoms with E-state index in [9.17, 15) is 4.21 Å². The Morgan fingerprint density at radius 1 is 1.29 bits per heavy atom. The van der Waals surface area contributed by atoms with Gasteiger partial charge in [0, 0.05) is 11.4 Å². The summed E-state index contributed by atoms with van der Waals surface area (Å²) in [5.74, 6) is 1.30. The lowest BCUT2D eigenvalue weighted by molar-refractivity contribution is 0.305. The van der Waals surface area contributed by atoms with Crippen LogP contribution < -0.4 is 5.73 Å². The maximum atomic E-state index is 12.5. The van der Waals surface area contributed by atoms with Gasteiger partial charge in [-0.1, -0.05) is 13.8 Å². The van der Waals surface area contributed by atoms with Crippen LogP contribution in [0.4, 0.5) is 5.69 Å². The number of nitrogen functional groups attached to an aromatic ring is 1. The molecule has 17 heavy (non-hydrogen) atoms. The van der Waals surface area contributed by atoms with E-state index in [0.29, 0.717) is 22.5 Å². The van der Waals surface area contributed by atoms with Crippen molar-refractivity contribution in [1.29, 1.82) is 0 Å². The summed E-state index contributed by atoms with van der Waals surface area (Å²) in [6.45, 7) is 4.48. The van der Waals surface area contributed by atoms with Gasteiger partial charge in [-0.2, -0.15) is 0 Å². The Kier molecular flexibility index (Phi) is 3.82. The maximum Gasteiger partial charge on any atom is 0.150 e. The molecule has 0 aliphatic heterocycles. The molecule has 0 saturated heterocycles. The number of aromatic nitrogens is 1. The normalized spacial score (nSPS) is 31.1. The minimum Gasteiger partial charge on any atom is -0.396 e. The van der Waals surface area contributed by atoms with Crippen molar-refractivity contribution in [3.63, 3.8) is 0 Å². The van der Waals surface area contributed by atoms with Crippen LogP contribution in [0.5, 0.6) is 0 Å². The molecule has 1 fully saturated rings. The average molecular weight is 252 g/mol. The number of hydrogen-bond acceptors (Lipinski definition) is 3. The van der Waals surface area contributed by atoms with Crippen LogP contribution in [0.2, 0.25) is 0 Å². The number of nitrogens with zero attached hydrogens (tertiary/aromatic N) is 1. The molecule has 1 aromatic heterocycles. The lowest BCUT2D eigenvalue weighted by Gasteiger charge is -2.30. The number of rotatable bonds is 2. The Labute approximate surface area is 105 Å². The third-order valence-corrected chi connectivity index (χ3v) is 5.14. The molecular weight excluding hydrogens is 232 g/mol. The van der Waals surface area contributed by atoms with E-state index in [1.54, 1.807) is 18.3 Å². The molecule has 0 bridgehead atoms. The molecule has 94 valence electrons. The highest BCUT2D eigenvalue weighted by atomic mass is 32.2. The molecule has 1 saturated carbocycles. The maximum absolute atomic E-state index is 12.5. The van der Waals surface area contributed by atoms with Gasteiger partial charge in [0.2, 0.25) is 0 Å². The quantitative estimate of drug-likeness (QED) is 0.880. The van der Waals surface area contributed by atoms with Gasteiger partial charge in [0.1, 0.15) is 5.03 Å². The summed E-state index contributed by atoms with van der Waals surface area (Å²) in [7, 11) is -1.06. The first-order valence-corrected chi connectivity index (χ1v) is 7.40. The van der Waals surface area contributed by atoms with Crippen molar-refractivity contribution in [3.05, 3.63) is 18.3 Å². The van der Waals surface area contributed by atoms with Gasteiger partial charge >= 0.3 is 0 Å². The fourth-order valence-corrected chi connectivity index (χ4v) is 4.56. The first-order chi connectivity index (χ1) is 8.08. The SMILES string of the molecule is CC1CC(C)CC(S(=O)c2ncccc2N)C1. The Morgan fingerprint density at radius 3 is 2.53 bits per heavy atom. The number of hydrogen-bond donors (Lipinski definition) is 1. The first kappa shape index (κ1) is 12.6. The summed E-state index contributed by atoms with van der Waals surface area (Å²) < 4.78 is 12.5. The van der Waals surface area contributed by atoms with Gasteiger partial charge in [-0.25, -0.2) is 4.98 Å². The Hall–Kier alpha value is -0.900. The molecule has 1 heterocycles. The van der Waals surface area contributed by atoms with Crippen molar-refractivity contribution < 1.29 is 4.21 Å². The summed E-state index contributed by atoms with van der Waals surface area (Å²) in [5.41, 5.74) is 6.39. The fraction of sp³-hybridized carbons (Fsp3) is 0.615. The van der Waals surface area contributed by atoms with Crippen molar-refractivity contribution in [2.45, 2.75) is 43.4 Å². The molecule has 3 atom stereocenters. The first-order valence-electron chi connectivity index (χ1n) is 6.19. The lowest BCUT2D eigenvalue weighted by Crippen LogP contribution is -2.28. The number of anilines is 1. The molecule has 3 unspecified atom stereocenters. The zero-order chi connectivity index (χ0) is 12.4. The zero-order valence-electron chi connectivity index (χ0n) is 10.4. The van der Waals surface area contributed by atoms with Crippen LogP contribution in [-0.4, -0.2) is 14.4 Å². The fourth-order valence-electron chi connectivity index (χ4n) is 2.78. The van der Waals surface area contributed by atoms with Gasteiger partial charge in [0.15, 0.2) is 0 Å². The van der Waals surface area contributed by atoms with E-state index in [2.05, 4.69) is 18.8 Å². The third kappa shape index (κ3) is 2.86. The third-order valence-electron chi connectivity index (χ3n) is 3.43. The molecular formula is C13H20N2OS. The van der Waals surface area contributed by atoms with Crippen LogP contribution in [0.1, 0.15) is 33.1 Å². The van der Waals surface area contributed by atoms with E-state index in [1.807, 2.05) is 0 Å². The predicted molar refractivity (Wildman–Crippen MR) is 71.0 cm³/mol. The molecule has 3 nitrogen and oxygen atoms in total. The Balaban J connectivity index is 2.17. The van der Waals surface area contributed by atoms with E-state index < -0.39 is 10.8 Å². The van der Waals surface area contributed by atoms with Gasteiger partial charge in [-0.3, -0.25) is 4.21 Å². The monoisotopic (exact) mass is 252 g/mol. The second kappa shape index (κ2) is 5.17. The van der Waals surface area contributed by atoms with Crippen molar-refractivity contribution >= 4 is 16.5 Å². The highest BCUT2D eigenvalue weighted by Crippen LogP contribution is 2.33. The van der Waals surface area contributed by atoms with Crippen LogP contribution >= 0.6 is 0 Å². The van der Waals surface area contributed by atoms with E-state index in [0.717, 1.165) is 12.8 Å². The molecule has 0 amide bonds. The molecule has 1 aliphatic carbocycles. The molecule has 0 spiro atoms. The molecule has 0 radical (unpaired) electrons. The minimum absolute atomic E-state index is 0.214. The van der Waals surface area contributed by atoms with Crippen molar-refractivity contribution in [3.8, 4) is 0 Å². The van der Waals surface area contributed by atoms with E-state index in [-0.39, 0.29) is 5.25 Å². The van der Waals surface area contributed by atoms with E-state index in [4.69, 9.17) is 5.73 Å². The second-order valence-corrected chi connectivity index (χ2v) is 6.88. The van der Waals surface area contributed by atoms with Gasteiger partial charge < -0.3 is 5.73 Å². The Morgan fingerprint density at radius 2 is 1.94 bits per heavy atom. The van der Waals surface area contributed by atoms with E-state index >= 15 is 0 Å². The van der Waals surface area contributed by atoms with Crippen LogP contribution in [-0.2, 0) is 10.8 Å². The highest BCUT2D eigenvalue weighted by Gasteiger charge is 2.29. The number of nitrogens with two attached hydrogens (primary N) is 1. The van der Waals surface area contributed by atoms with Crippen LogP contribution in [0.25, 0.3) is 0 Å². The molecule has 2 N–H and O–H groups in total.